The van der Waals surface area contributed by atoms with Gasteiger partial charge in [0.1, 0.15) is 18.9 Å². The minimum absolute atomic E-state index is 0.110. The molecule has 2 aromatic rings. The molecule has 210 valence electrons. The zero-order chi connectivity index (χ0) is 29.0. The van der Waals surface area contributed by atoms with E-state index < -0.39 is 11.9 Å². The zero-order valence-electron chi connectivity index (χ0n) is 23.1. The largest absolute Gasteiger partial charge is 0.487 e. The SMILES string of the molecule is CC1(C)CC(=O)C2=C(C1)N(CC(=O)O)C1=C(C(=O)CC(C)(C)C1)C2c1cc(Cl)cc(Cl)c1OCc1ccccc1. The van der Waals surface area contributed by atoms with Gasteiger partial charge in [0, 0.05) is 51.9 Å². The summed E-state index contributed by atoms with van der Waals surface area (Å²) in [6.45, 7) is 7.93. The molecule has 2 aromatic carbocycles. The molecule has 0 unspecified atom stereocenters. The van der Waals surface area contributed by atoms with E-state index in [2.05, 4.69) is 0 Å². The first-order valence-corrected chi connectivity index (χ1v) is 14.2. The van der Waals surface area contributed by atoms with Gasteiger partial charge in [-0.05, 0) is 41.4 Å². The number of carboxylic acids is 1. The van der Waals surface area contributed by atoms with Gasteiger partial charge >= 0.3 is 5.97 Å². The number of allylic oxidation sites excluding steroid dienone is 4. The van der Waals surface area contributed by atoms with Gasteiger partial charge in [0.05, 0.1) is 5.02 Å². The monoisotopic (exact) mass is 581 g/mol. The van der Waals surface area contributed by atoms with E-state index in [4.69, 9.17) is 27.9 Å². The molecule has 5 rings (SSSR count). The third kappa shape index (κ3) is 5.44. The van der Waals surface area contributed by atoms with Crippen LogP contribution in [0.4, 0.5) is 0 Å². The molecule has 0 fully saturated rings. The summed E-state index contributed by atoms with van der Waals surface area (Å²) in [5, 5.41) is 10.5. The number of Topliss-reactive ketones (excluding diaryl/α,β-unsaturated/α-hetero) is 2. The Morgan fingerprint density at radius 3 is 2.00 bits per heavy atom. The summed E-state index contributed by atoms with van der Waals surface area (Å²) in [4.78, 5) is 41.7. The maximum absolute atomic E-state index is 14.0. The number of nitrogens with zero attached hydrogens (tertiary/aromatic N) is 1. The Bertz CT molecular complexity index is 1420. The molecule has 0 spiro atoms. The predicted octanol–water partition coefficient (Wildman–Crippen LogP) is 7.34. The molecular weight excluding hydrogens is 549 g/mol. The second-order valence-corrected chi connectivity index (χ2v) is 13.4. The minimum Gasteiger partial charge on any atom is -0.487 e. The average Bonchev–Trinajstić information content (AvgIpc) is 2.83. The Hall–Kier alpha value is -3.09. The van der Waals surface area contributed by atoms with E-state index in [1.807, 2.05) is 58.0 Å². The van der Waals surface area contributed by atoms with Crippen LogP contribution in [-0.4, -0.2) is 34.1 Å². The molecule has 0 radical (unpaired) electrons. The summed E-state index contributed by atoms with van der Waals surface area (Å²) in [5.74, 6) is -1.65. The van der Waals surface area contributed by atoms with Crippen LogP contribution in [0.1, 0.15) is 70.4 Å². The summed E-state index contributed by atoms with van der Waals surface area (Å²) in [5.41, 5.74) is 2.92. The second kappa shape index (κ2) is 10.4. The number of rotatable bonds is 6. The van der Waals surface area contributed by atoms with Crippen LogP contribution in [0.25, 0.3) is 0 Å². The van der Waals surface area contributed by atoms with Crippen LogP contribution in [0.5, 0.6) is 5.75 Å². The lowest BCUT2D eigenvalue weighted by Gasteiger charge is -2.48. The third-order valence-corrected chi connectivity index (χ3v) is 8.39. The highest BCUT2D eigenvalue weighted by Crippen LogP contribution is 2.56. The number of carbonyl (C=O) groups is 3. The molecule has 1 N–H and O–H groups in total. The van der Waals surface area contributed by atoms with E-state index in [-0.39, 0.29) is 53.4 Å². The molecule has 0 saturated carbocycles. The number of halogens is 2. The van der Waals surface area contributed by atoms with Gasteiger partial charge in [-0.1, -0.05) is 81.2 Å². The molecule has 0 amide bonds. The van der Waals surface area contributed by atoms with Crippen LogP contribution in [0.2, 0.25) is 10.0 Å². The lowest BCUT2D eigenvalue weighted by atomic mass is 9.63. The van der Waals surface area contributed by atoms with Gasteiger partial charge in [-0.25, -0.2) is 0 Å². The van der Waals surface area contributed by atoms with Gasteiger partial charge in [-0.15, -0.1) is 0 Å². The molecular formula is C32H33Cl2NO5. The van der Waals surface area contributed by atoms with E-state index >= 15 is 0 Å². The molecule has 0 bridgehead atoms. The number of aliphatic carboxylic acids is 1. The third-order valence-electron chi connectivity index (χ3n) is 7.89. The fourth-order valence-corrected chi connectivity index (χ4v) is 6.93. The number of benzene rings is 2. The van der Waals surface area contributed by atoms with Gasteiger partial charge in [0.2, 0.25) is 0 Å². The van der Waals surface area contributed by atoms with Crippen LogP contribution in [-0.2, 0) is 21.0 Å². The lowest BCUT2D eigenvalue weighted by molar-refractivity contribution is -0.138. The molecule has 2 aliphatic carbocycles. The van der Waals surface area contributed by atoms with Gasteiger partial charge in [-0.2, -0.15) is 0 Å². The molecule has 3 aliphatic rings. The maximum atomic E-state index is 14.0. The van der Waals surface area contributed by atoms with Crippen LogP contribution in [0, 0.1) is 10.8 Å². The molecule has 40 heavy (non-hydrogen) atoms. The first-order valence-electron chi connectivity index (χ1n) is 13.4. The van der Waals surface area contributed by atoms with Crippen LogP contribution in [0.3, 0.4) is 0 Å². The fraction of sp³-hybridized carbons (Fsp3) is 0.406. The van der Waals surface area contributed by atoms with Gasteiger partial charge < -0.3 is 14.7 Å². The fourth-order valence-electron chi connectivity index (χ4n) is 6.36. The van der Waals surface area contributed by atoms with Gasteiger partial charge in [0.25, 0.3) is 0 Å². The van der Waals surface area contributed by atoms with E-state index in [9.17, 15) is 19.5 Å². The predicted molar refractivity (Wildman–Crippen MR) is 154 cm³/mol. The topological polar surface area (TPSA) is 83.9 Å². The molecule has 8 heteroatoms. The number of ketones is 2. The molecule has 0 aromatic heterocycles. The molecule has 0 saturated heterocycles. The normalized spacial score (nSPS) is 20.4. The van der Waals surface area contributed by atoms with Crippen molar-refractivity contribution in [3.63, 3.8) is 0 Å². The van der Waals surface area contributed by atoms with Crippen molar-refractivity contribution in [3.8, 4) is 5.75 Å². The van der Waals surface area contributed by atoms with Crippen molar-refractivity contribution in [3.05, 3.63) is 86.2 Å². The Labute approximate surface area is 244 Å². The van der Waals surface area contributed by atoms with Crippen LogP contribution < -0.4 is 4.74 Å². The smallest absolute Gasteiger partial charge is 0.323 e. The van der Waals surface area contributed by atoms with E-state index in [1.54, 1.807) is 17.0 Å². The average molecular weight is 583 g/mol. The molecule has 6 nitrogen and oxygen atoms in total. The van der Waals surface area contributed by atoms with Crippen molar-refractivity contribution in [1.29, 1.82) is 0 Å². The first kappa shape index (κ1) is 28.4. The highest BCUT2D eigenvalue weighted by Gasteiger charge is 2.50. The first-order chi connectivity index (χ1) is 18.8. The van der Waals surface area contributed by atoms with Crippen molar-refractivity contribution >= 4 is 40.7 Å². The number of carboxylic acid groups (broad SMARTS) is 1. The summed E-state index contributed by atoms with van der Waals surface area (Å²) in [6.07, 6.45) is 1.55. The van der Waals surface area contributed by atoms with E-state index in [1.165, 1.54) is 0 Å². The van der Waals surface area contributed by atoms with E-state index in [0.717, 1.165) is 5.56 Å². The summed E-state index contributed by atoms with van der Waals surface area (Å²) >= 11 is 13.3. The van der Waals surface area contributed by atoms with Crippen molar-refractivity contribution in [1.82, 2.24) is 4.90 Å². The Balaban J connectivity index is 1.76. The highest BCUT2D eigenvalue weighted by molar-refractivity contribution is 6.35. The minimum atomic E-state index is -1.03. The van der Waals surface area contributed by atoms with Gasteiger partial charge in [-0.3, -0.25) is 14.4 Å². The number of carbonyl (C=O) groups excluding carboxylic acids is 2. The van der Waals surface area contributed by atoms with E-state index in [0.29, 0.717) is 51.7 Å². The maximum Gasteiger partial charge on any atom is 0.323 e. The summed E-state index contributed by atoms with van der Waals surface area (Å²) < 4.78 is 6.30. The Morgan fingerprint density at radius 2 is 1.48 bits per heavy atom. The highest BCUT2D eigenvalue weighted by atomic mass is 35.5. The van der Waals surface area contributed by atoms with Gasteiger partial charge in [0.15, 0.2) is 11.6 Å². The lowest BCUT2D eigenvalue weighted by Crippen LogP contribution is -2.45. The zero-order valence-corrected chi connectivity index (χ0v) is 24.7. The number of hydrogen-bond donors (Lipinski definition) is 1. The van der Waals surface area contributed by atoms with Crippen molar-refractivity contribution in [2.24, 2.45) is 10.8 Å². The van der Waals surface area contributed by atoms with Crippen molar-refractivity contribution in [2.75, 3.05) is 6.54 Å². The number of ether oxygens (including phenoxy) is 1. The van der Waals surface area contributed by atoms with Crippen molar-refractivity contribution in [2.45, 2.75) is 65.9 Å². The molecule has 1 heterocycles. The van der Waals surface area contributed by atoms with Crippen LogP contribution in [0.15, 0.2) is 65.0 Å². The standard InChI is InChI=1S/C32H33Cl2NO5/c1-31(2)12-22-28(24(36)14-31)27(29-23(35(22)16-26(38)39)13-32(3,4)15-25(29)37)20-10-19(33)11-21(34)30(20)40-17-18-8-6-5-7-9-18/h5-11,27H,12-17H2,1-4H3,(H,38,39). The Morgan fingerprint density at radius 1 is 0.925 bits per heavy atom. The quantitative estimate of drug-likeness (QED) is 0.384. The second-order valence-electron chi connectivity index (χ2n) is 12.6. The van der Waals surface area contributed by atoms with Crippen molar-refractivity contribution < 1.29 is 24.2 Å². The molecule has 1 aliphatic heterocycles. The summed E-state index contributed by atoms with van der Waals surface area (Å²) in [7, 11) is 0. The Kier molecular flexibility index (Phi) is 7.38. The number of hydrogen-bond acceptors (Lipinski definition) is 5. The van der Waals surface area contributed by atoms with Crippen LogP contribution >= 0.6 is 23.2 Å². The molecule has 0 atom stereocenters. The summed E-state index contributed by atoms with van der Waals surface area (Å²) in [6, 6.07) is 12.9.